The van der Waals surface area contributed by atoms with Gasteiger partial charge in [0, 0.05) is 12.2 Å². The lowest BCUT2D eigenvalue weighted by Crippen LogP contribution is -2.15. The van der Waals surface area contributed by atoms with Crippen LogP contribution in [0.25, 0.3) is 0 Å². The topological polar surface area (TPSA) is 94.0 Å². The lowest BCUT2D eigenvalue weighted by Gasteiger charge is -2.04. The Bertz CT molecular complexity index is 364. The van der Waals surface area contributed by atoms with E-state index in [0.717, 1.165) is 12.2 Å². The quantitative estimate of drug-likeness (QED) is 0.566. The summed E-state index contributed by atoms with van der Waals surface area (Å²) in [6.07, 6.45) is 0.861. The second-order valence-electron chi connectivity index (χ2n) is 3.86. The molecule has 0 fully saturated rings. The van der Waals surface area contributed by atoms with Crippen molar-refractivity contribution in [3.63, 3.8) is 0 Å². The SMILES string of the molecule is CC(C)Cc1nnc(SCCC(=O)O)n1N. The lowest BCUT2D eigenvalue weighted by molar-refractivity contribution is -0.136. The van der Waals surface area contributed by atoms with Crippen LogP contribution in [0.2, 0.25) is 0 Å². The molecule has 0 unspecified atom stereocenters. The number of hydrogen-bond acceptors (Lipinski definition) is 5. The predicted molar refractivity (Wildman–Crippen MR) is 61.7 cm³/mol. The van der Waals surface area contributed by atoms with Gasteiger partial charge in [-0.1, -0.05) is 25.6 Å². The number of carboxylic acid groups (broad SMARTS) is 1. The fourth-order valence-electron chi connectivity index (χ4n) is 1.14. The van der Waals surface area contributed by atoms with E-state index >= 15 is 0 Å². The molecule has 1 aromatic heterocycles. The number of aromatic nitrogens is 3. The van der Waals surface area contributed by atoms with Crippen LogP contribution in [0.5, 0.6) is 0 Å². The normalized spacial score (nSPS) is 10.9. The zero-order valence-corrected chi connectivity index (χ0v) is 10.2. The zero-order valence-electron chi connectivity index (χ0n) is 9.38. The Morgan fingerprint density at radius 2 is 2.25 bits per heavy atom. The Hall–Kier alpha value is -1.24. The average Bonchev–Trinajstić information content (AvgIpc) is 2.48. The maximum absolute atomic E-state index is 10.3. The van der Waals surface area contributed by atoms with Crippen LogP contribution in [0.3, 0.4) is 0 Å². The number of aliphatic carboxylic acids is 1. The number of thioether (sulfide) groups is 1. The van der Waals surface area contributed by atoms with Gasteiger partial charge in [0.05, 0.1) is 6.42 Å². The minimum atomic E-state index is -0.821. The van der Waals surface area contributed by atoms with E-state index in [0.29, 0.717) is 16.8 Å². The standard InChI is InChI=1S/C9H16N4O2S/c1-6(2)5-7-11-12-9(13(7)10)16-4-3-8(14)15/h6H,3-5,10H2,1-2H3,(H,14,15). The number of carbonyl (C=O) groups is 1. The summed E-state index contributed by atoms with van der Waals surface area (Å²) in [5, 5.41) is 17.0. The van der Waals surface area contributed by atoms with E-state index in [4.69, 9.17) is 10.9 Å². The smallest absolute Gasteiger partial charge is 0.304 e. The number of nitrogen functional groups attached to an aromatic ring is 1. The number of rotatable bonds is 6. The molecule has 1 heterocycles. The molecule has 16 heavy (non-hydrogen) atoms. The molecule has 0 bridgehead atoms. The van der Waals surface area contributed by atoms with Crippen molar-refractivity contribution < 1.29 is 9.90 Å². The summed E-state index contributed by atoms with van der Waals surface area (Å²) in [6, 6.07) is 0. The Morgan fingerprint density at radius 1 is 1.56 bits per heavy atom. The van der Waals surface area contributed by atoms with E-state index in [2.05, 4.69) is 24.0 Å². The summed E-state index contributed by atoms with van der Waals surface area (Å²) in [4.78, 5) is 10.3. The summed E-state index contributed by atoms with van der Waals surface area (Å²) < 4.78 is 1.44. The molecule has 0 saturated carbocycles. The highest BCUT2D eigenvalue weighted by molar-refractivity contribution is 7.99. The molecule has 0 atom stereocenters. The summed E-state index contributed by atoms with van der Waals surface area (Å²) >= 11 is 1.31. The predicted octanol–water partition coefficient (Wildman–Crippen LogP) is 0.757. The fourth-order valence-corrected chi connectivity index (χ4v) is 1.94. The maximum Gasteiger partial charge on any atom is 0.304 e. The summed E-state index contributed by atoms with van der Waals surface area (Å²) in [7, 11) is 0. The molecule has 0 spiro atoms. The lowest BCUT2D eigenvalue weighted by atomic mass is 10.1. The third kappa shape index (κ3) is 3.73. The van der Waals surface area contributed by atoms with Gasteiger partial charge in [0.2, 0.25) is 5.16 Å². The van der Waals surface area contributed by atoms with Gasteiger partial charge in [-0.2, -0.15) is 0 Å². The molecule has 0 saturated heterocycles. The van der Waals surface area contributed by atoms with Gasteiger partial charge < -0.3 is 10.9 Å². The van der Waals surface area contributed by atoms with Gasteiger partial charge in [-0.15, -0.1) is 10.2 Å². The summed E-state index contributed by atoms with van der Waals surface area (Å²) in [5.74, 6) is 6.61. The molecule has 90 valence electrons. The fraction of sp³-hybridized carbons (Fsp3) is 0.667. The molecule has 0 aliphatic carbocycles. The summed E-state index contributed by atoms with van der Waals surface area (Å²) in [6.45, 7) is 4.15. The van der Waals surface area contributed by atoms with Gasteiger partial charge in [-0.05, 0) is 5.92 Å². The average molecular weight is 244 g/mol. The van der Waals surface area contributed by atoms with Crippen molar-refractivity contribution >= 4 is 17.7 Å². The number of nitrogens with two attached hydrogens (primary N) is 1. The first kappa shape index (κ1) is 12.8. The van der Waals surface area contributed by atoms with Crippen LogP contribution in [-0.2, 0) is 11.2 Å². The van der Waals surface area contributed by atoms with Crippen molar-refractivity contribution in [3.8, 4) is 0 Å². The Kier molecular flexibility index (Phi) is 4.60. The molecule has 0 aliphatic rings. The van der Waals surface area contributed by atoms with Gasteiger partial charge in [0.1, 0.15) is 0 Å². The molecule has 0 aliphatic heterocycles. The third-order valence-corrected chi connectivity index (χ3v) is 2.82. The first-order valence-electron chi connectivity index (χ1n) is 5.04. The molecular weight excluding hydrogens is 228 g/mol. The highest BCUT2D eigenvalue weighted by atomic mass is 32.2. The zero-order chi connectivity index (χ0) is 12.1. The molecule has 3 N–H and O–H groups in total. The largest absolute Gasteiger partial charge is 0.481 e. The van der Waals surface area contributed by atoms with Gasteiger partial charge in [0.25, 0.3) is 0 Å². The first-order chi connectivity index (χ1) is 7.50. The van der Waals surface area contributed by atoms with Crippen molar-refractivity contribution in [3.05, 3.63) is 5.82 Å². The molecule has 0 amide bonds. The molecule has 1 rings (SSSR count). The van der Waals surface area contributed by atoms with E-state index in [-0.39, 0.29) is 6.42 Å². The Labute approximate surface area is 98.2 Å². The Balaban J connectivity index is 2.54. The van der Waals surface area contributed by atoms with Gasteiger partial charge >= 0.3 is 5.97 Å². The van der Waals surface area contributed by atoms with Crippen LogP contribution in [-0.4, -0.2) is 31.7 Å². The maximum atomic E-state index is 10.3. The highest BCUT2D eigenvalue weighted by Gasteiger charge is 2.11. The van der Waals surface area contributed by atoms with Crippen LogP contribution >= 0.6 is 11.8 Å². The number of nitrogens with zero attached hydrogens (tertiary/aromatic N) is 3. The third-order valence-electron chi connectivity index (χ3n) is 1.87. The second kappa shape index (κ2) is 5.74. The minimum absolute atomic E-state index is 0.0943. The van der Waals surface area contributed by atoms with Crippen LogP contribution in [0.15, 0.2) is 5.16 Å². The van der Waals surface area contributed by atoms with Gasteiger partial charge in [-0.3, -0.25) is 4.79 Å². The van der Waals surface area contributed by atoms with Crippen molar-refractivity contribution in [2.75, 3.05) is 11.6 Å². The Morgan fingerprint density at radius 3 is 2.81 bits per heavy atom. The second-order valence-corrected chi connectivity index (χ2v) is 4.92. The molecule has 6 nitrogen and oxygen atoms in total. The van der Waals surface area contributed by atoms with E-state index in [1.165, 1.54) is 16.4 Å². The van der Waals surface area contributed by atoms with Crippen LogP contribution in [0, 0.1) is 5.92 Å². The molecular formula is C9H16N4O2S. The van der Waals surface area contributed by atoms with Crippen LogP contribution < -0.4 is 5.84 Å². The van der Waals surface area contributed by atoms with Crippen molar-refractivity contribution in [1.82, 2.24) is 14.9 Å². The van der Waals surface area contributed by atoms with E-state index in [9.17, 15) is 4.79 Å². The van der Waals surface area contributed by atoms with Crippen molar-refractivity contribution in [1.29, 1.82) is 0 Å². The van der Waals surface area contributed by atoms with Crippen molar-refractivity contribution in [2.45, 2.75) is 31.8 Å². The van der Waals surface area contributed by atoms with E-state index in [1.807, 2.05) is 0 Å². The van der Waals surface area contributed by atoms with Crippen LogP contribution in [0.1, 0.15) is 26.1 Å². The molecule has 1 aromatic rings. The molecule has 0 aromatic carbocycles. The highest BCUT2D eigenvalue weighted by Crippen LogP contribution is 2.16. The van der Waals surface area contributed by atoms with Crippen LogP contribution in [0.4, 0.5) is 0 Å². The molecule has 7 heteroatoms. The van der Waals surface area contributed by atoms with Crippen molar-refractivity contribution in [2.24, 2.45) is 5.92 Å². The number of hydrogen-bond donors (Lipinski definition) is 2. The number of carboxylic acids is 1. The first-order valence-corrected chi connectivity index (χ1v) is 6.03. The van der Waals surface area contributed by atoms with Gasteiger partial charge in [-0.25, -0.2) is 4.68 Å². The van der Waals surface area contributed by atoms with E-state index < -0.39 is 5.97 Å². The molecule has 0 radical (unpaired) electrons. The van der Waals surface area contributed by atoms with E-state index in [1.54, 1.807) is 0 Å². The van der Waals surface area contributed by atoms with Gasteiger partial charge in [0.15, 0.2) is 5.82 Å². The monoisotopic (exact) mass is 244 g/mol. The minimum Gasteiger partial charge on any atom is -0.481 e. The summed E-state index contributed by atoms with van der Waals surface area (Å²) in [5.41, 5.74) is 0.